The van der Waals surface area contributed by atoms with Crippen LogP contribution in [0.4, 0.5) is 14.6 Å². The van der Waals surface area contributed by atoms with Crippen LogP contribution < -0.4 is 4.90 Å². The number of aromatic nitrogens is 4. The zero-order valence-corrected chi connectivity index (χ0v) is 14.7. The van der Waals surface area contributed by atoms with Crippen molar-refractivity contribution in [1.29, 1.82) is 0 Å². The highest BCUT2D eigenvalue weighted by Crippen LogP contribution is 2.20. The molecule has 142 valence electrons. The summed E-state index contributed by atoms with van der Waals surface area (Å²) < 4.78 is 36.9. The summed E-state index contributed by atoms with van der Waals surface area (Å²) in [5.74, 6) is -0.118. The van der Waals surface area contributed by atoms with Crippen molar-refractivity contribution in [2.75, 3.05) is 38.2 Å². The molecule has 3 heterocycles. The molecule has 0 saturated carbocycles. The van der Waals surface area contributed by atoms with Gasteiger partial charge in [0.15, 0.2) is 17.5 Å². The van der Waals surface area contributed by atoms with Gasteiger partial charge in [0.2, 0.25) is 5.89 Å². The number of anilines is 1. The van der Waals surface area contributed by atoms with Crippen LogP contribution in [0, 0.1) is 11.6 Å². The minimum atomic E-state index is -0.925. The molecule has 1 aliphatic rings. The molecule has 0 bridgehead atoms. The molecular formula is C17H18F2N6O2. The van der Waals surface area contributed by atoms with E-state index >= 15 is 0 Å². The van der Waals surface area contributed by atoms with E-state index in [9.17, 15) is 8.78 Å². The summed E-state index contributed by atoms with van der Waals surface area (Å²) >= 11 is 0. The number of hydrogen-bond acceptors (Lipinski definition) is 8. The Hall–Kier alpha value is -2.72. The molecule has 10 heteroatoms. The topological polar surface area (TPSA) is 80.4 Å². The van der Waals surface area contributed by atoms with Crippen molar-refractivity contribution in [2.45, 2.75) is 13.2 Å². The van der Waals surface area contributed by atoms with Crippen LogP contribution in [-0.2, 0) is 17.9 Å². The van der Waals surface area contributed by atoms with Crippen molar-refractivity contribution < 1.29 is 18.0 Å². The van der Waals surface area contributed by atoms with Gasteiger partial charge in [0.05, 0.1) is 23.8 Å². The van der Waals surface area contributed by atoms with Crippen LogP contribution in [0.2, 0.25) is 0 Å². The molecule has 1 aromatic carbocycles. The molecule has 4 rings (SSSR count). The highest BCUT2D eigenvalue weighted by molar-refractivity contribution is 5.75. The van der Waals surface area contributed by atoms with Crippen LogP contribution in [0.25, 0.3) is 11.0 Å². The van der Waals surface area contributed by atoms with Crippen molar-refractivity contribution in [3.63, 3.8) is 0 Å². The molecule has 1 aliphatic heterocycles. The Labute approximate surface area is 153 Å². The standard InChI is InChI=1S/C17H18F2N6O2/c1-26-10-15-22-17(27-23-15)9-24-2-4-25(5-3-24)16-8-20-13-6-11(18)12(19)7-14(13)21-16/h6-8H,2-5,9-10H2,1H3. The molecule has 0 spiro atoms. The molecule has 8 nitrogen and oxygen atoms in total. The second-order valence-electron chi connectivity index (χ2n) is 6.28. The van der Waals surface area contributed by atoms with Gasteiger partial charge in [-0.2, -0.15) is 4.98 Å². The van der Waals surface area contributed by atoms with E-state index in [1.165, 1.54) is 0 Å². The first-order chi connectivity index (χ1) is 13.1. The third kappa shape index (κ3) is 3.86. The van der Waals surface area contributed by atoms with Gasteiger partial charge < -0.3 is 14.2 Å². The maximum absolute atomic E-state index is 13.4. The van der Waals surface area contributed by atoms with E-state index in [1.807, 2.05) is 0 Å². The van der Waals surface area contributed by atoms with E-state index in [-0.39, 0.29) is 0 Å². The summed E-state index contributed by atoms with van der Waals surface area (Å²) in [7, 11) is 1.58. The van der Waals surface area contributed by atoms with Crippen LogP contribution in [-0.4, -0.2) is 58.3 Å². The molecule has 2 aromatic heterocycles. The van der Waals surface area contributed by atoms with Gasteiger partial charge in [0.25, 0.3) is 0 Å². The fourth-order valence-corrected chi connectivity index (χ4v) is 3.02. The van der Waals surface area contributed by atoms with Crippen LogP contribution >= 0.6 is 0 Å². The van der Waals surface area contributed by atoms with Gasteiger partial charge in [0.1, 0.15) is 12.4 Å². The smallest absolute Gasteiger partial charge is 0.240 e. The van der Waals surface area contributed by atoms with E-state index in [1.54, 1.807) is 13.3 Å². The molecule has 0 N–H and O–H groups in total. The summed E-state index contributed by atoms with van der Waals surface area (Å²) in [5.41, 5.74) is 0.671. The summed E-state index contributed by atoms with van der Waals surface area (Å²) in [6.07, 6.45) is 1.59. The van der Waals surface area contributed by atoms with Gasteiger partial charge in [-0.05, 0) is 0 Å². The van der Waals surface area contributed by atoms with Gasteiger partial charge in [-0.1, -0.05) is 5.16 Å². The van der Waals surface area contributed by atoms with E-state index in [0.717, 1.165) is 38.3 Å². The zero-order chi connectivity index (χ0) is 18.8. The van der Waals surface area contributed by atoms with Gasteiger partial charge in [-0.15, -0.1) is 0 Å². The monoisotopic (exact) mass is 376 g/mol. The highest BCUT2D eigenvalue weighted by Gasteiger charge is 2.21. The molecule has 3 aromatic rings. The number of nitrogens with zero attached hydrogens (tertiary/aromatic N) is 6. The number of ether oxygens (including phenoxy) is 1. The third-order valence-electron chi connectivity index (χ3n) is 4.41. The molecule has 0 amide bonds. The van der Waals surface area contributed by atoms with E-state index in [0.29, 0.717) is 41.7 Å². The fraction of sp³-hybridized carbons (Fsp3) is 0.412. The largest absolute Gasteiger partial charge is 0.377 e. The molecule has 1 saturated heterocycles. The molecule has 27 heavy (non-hydrogen) atoms. The van der Waals surface area contributed by atoms with E-state index in [4.69, 9.17) is 9.26 Å². The molecule has 0 aliphatic carbocycles. The Morgan fingerprint density at radius 3 is 2.56 bits per heavy atom. The average molecular weight is 376 g/mol. The van der Waals surface area contributed by atoms with Crippen LogP contribution in [0.5, 0.6) is 0 Å². The SMILES string of the molecule is COCc1noc(CN2CCN(c3cnc4cc(F)c(F)cc4n3)CC2)n1. The summed E-state index contributed by atoms with van der Waals surface area (Å²) in [6, 6.07) is 2.13. The summed E-state index contributed by atoms with van der Waals surface area (Å²) in [5, 5.41) is 3.85. The lowest BCUT2D eigenvalue weighted by Crippen LogP contribution is -2.46. The first kappa shape index (κ1) is 17.7. The predicted molar refractivity (Wildman–Crippen MR) is 92.0 cm³/mol. The minimum absolute atomic E-state index is 0.322. The maximum atomic E-state index is 13.4. The summed E-state index contributed by atoms with van der Waals surface area (Å²) in [6.45, 7) is 3.89. The molecule has 0 atom stereocenters. The van der Waals surface area contributed by atoms with Crippen molar-refractivity contribution >= 4 is 16.9 Å². The van der Waals surface area contributed by atoms with Crippen molar-refractivity contribution in [2.24, 2.45) is 0 Å². The molecular weight excluding hydrogens is 358 g/mol. The van der Waals surface area contributed by atoms with Crippen molar-refractivity contribution in [3.05, 3.63) is 41.7 Å². The second-order valence-corrected chi connectivity index (χ2v) is 6.28. The number of benzene rings is 1. The minimum Gasteiger partial charge on any atom is -0.377 e. The number of halogens is 2. The Morgan fingerprint density at radius 2 is 1.81 bits per heavy atom. The normalized spacial score (nSPS) is 15.6. The number of hydrogen-bond donors (Lipinski definition) is 0. The number of rotatable bonds is 5. The molecule has 0 radical (unpaired) electrons. The second kappa shape index (κ2) is 7.49. The van der Waals surface area contributed by atoms with Crippen LogP contribution in [0.15, 0.2) is 22.9 Å². The highest BCUT2D eigenvalue weighted by atomic mass is 19.2. The fourth-order valence-electron chi connectivity index (χ4n) is 3.02. The quantitative estimate of drug-likeness (QED) is 0.666. The zero-order valence-electron chi connectivity index (χ0n) is 14.7. The predicted octanol–water partition coefficient (Wildman–Crippen LogP) is 1.76. The number of piperazine rings is 1. The Balaban J connectivity index is 1.39. The third-order valence-corrected chi connectivity index (χ3v) is 4.41. The van der Waals surface area contributed by atoms with Gasteiger partial charge >= 0.3 is 0 Å². The maximum Gasteiger partial charge on any atom is 0.240 e. The lowest BCUT2D eigenvalue weighted by Gasteiger charge is -2.34. The Morgan fingerprint density at radius 1 is 1.07 bits per heavy atom. The summed E-state index contributed by atoms with van der Waals surface area (Å²) in [4.78, 5) is 17.1. The number of methoxy groups -OCH3 is 1. The van der Waals surface area contributed by atoms with E-state index in [2.05, 4.69) is 29.9 Å². The van der Waals surface area contributed by atoms with Gasteiger partial charge in [-0.3, -0.25) is 9.88 Å². The molecule has 0 unspecified atom stereocenters. The Bertz CT molecular complexity index is 942. The van der Waals surface area contributed by atoms with Gasteiger partial charge in [0, 0.05) is 45.4 Å². The average Bonchev–Trinajstić information content (AvgIpc) is 3.10. The van der Waals surface area contributed by atoms with Crippen LogP contribution in [0.1, 0.15) is 11.7 Å². The van der Waals surface area contributed by atoms with Crippen LogP contribution in [0.3, 0.4) is 0 Å². The van der Waals surface area contributed by atoms with Crippen molar-refractivity contribution in [1.82, 2.24) is 25.0 Å². The number of fused-ring (bicyclic) bond motifs is 1. The van der Waals surface area contributed by atoms with Crippen molar-refractivity contribution in [3.8, 4) is 0 Å². The lowest BCUT2D eigenvalue weighted by atomic mass is 10.2. The lowest BCUT2D eigenvalue weighted by molar-refractivity contribution is 0.174. The first-order valence-electron chi connectivity index (χ1n) is 8.52. The van der Waals surface area contributed by atoms with E-state index < -0.39 is 11.6 Å². The Kier molecular flexibility index (Phi) is 4.90. The van der Waals surface area contributed by atoms with Gasteiger partial charge in [-0.25, -0.2) is 13.8 Å². The molecule has 1 fully saturated rings. The first-order valence-corrected chi connectivity index (χ1v) is 8.52.